The van der Waals surface area contributed by atoms with Crippen LogP contribution in [-0.2, 0) is 0 Å². The van der Waals surface area contributed by atoms with Crippen molar-refractivity contribution in [2.24, 2.45) is 5.92 Å². The maximum Gasteiger partial charge on any atom is 0.00952 e. The van der Waals surface area contributed by atoms with Crippen LogP contribution in [0.15, 0.2) is 0 Å². The van der Waals surface area contributed by atoms with Gasteiger partial charge in [0, 0.05) is 6.04 Å². The zero-order chi connectivity index (χ0) is 21.0. The van der Waals surface area contributed by atoms with Crippen molar-refractivity contribution in [3.63, 3.8) is 0 Å². The van der Waals surface area contributed by atoms with Crippen LogP contribution in [0, 0.1) is 5.92 Å². The summed E-state index contributed by atoms with van der Waals surface area (Å²) in [7, 11) is 0. The van der Waals surface area contributed by atoms with Crippen LogP contribution in [0.4, 0.5) is 0 Å². The third-order valence-corrected chi connectivity index (χ3v) is 7.34. The van der Waals surface area contributed by atoms with Crippen LogP contribution >= 0.6 is 0 Å². The average molecular weight is 408 g/mol. The lowest BCUT2D eigenvalue weighted by atomic mass is 9.92. The summed E-state index contributed by atoms with van der Waals surface area (Å²) in [4.78, 5) is 2.87. The van der Waals surface area contributed by atoms with E-state index in [-0.39, 0.29) is 0 Å². The van der Waals surface area contributed by atoms with E-state index in [0.717, 1.165) is 12.0 Å². The molecule has 0 heterocycles. The molecule has 0 bridgehead atoms. The highest BCUT2D eigenvalue weighted by Crippen LogP contribution is 2.24. The minimum Gasteiger partial charge on any atom is -0.300 e. The first-order valence-electron chi connectivity index (χ1n) is 14.1. The second kappa shape index (κ2) is 19.9. The van der Waals surface area contributed by atoms with Crippen LogP contribution in [-0.4, -0.2) is 24.0 Å². The molecule has 0 saturated heterocycles. The van der Waals surface area contributed by atoms with Crippen molar-refractivity contribution in [2.75, 3.05) is 13.1 Å². The van der Waals surface area contributed by atoms with Crippen molar-refractivity contribution in [3.8, 4) is 0 Å². The van der Waals surface area contributed by atoms with Crippen molar-refractivity contribution >= 4 is 0 Å². The van der Waals surface area contributed by atoms with Crippen LogP contribution in [0.3, 0.4) is 0 Å². The van der Waals surface area contributed by atoms with Gasteiger partial charge in [-0.1, -0.05) is 130 Å². The van der Waals surface area contributed by atoms with E-state index in [4.69, 9.17) is 0 Å². The fourth-order valence-electron chi connectivity index (χ4n) is 5.52. The van der Waals surface area contributed by atoms with Gasteiger partial charge in [-0.05, 0) is 44.7 Å². The highest BCUT2D eigenvalue weighted by Gasteiger charge is 2.19. The van der Waals surface area contributed by atoms with E-state index in [9.17, 15) is 0 Å². The van der Waals surface area contributed by atoms with E-state index in [1.807, 2.05) is 0 Å². The van der Waals surface area contributed by atoms with Gasteiger partial charge in [-0.15, -0.1) is 0 Å². The molecule has 0 aromatic rings. The van der Waals surface area contributed by atoms with Crippen LogP contribution < -0.4 is 0 Å². The molecule has 0 aromatic carbocycles. The van der Waals surface area contributed by atoms with Gasteiger partial charge in [0.05, 0.1) is 0 Å². The van der Waals surface area contributed by atoms with Gasteiger partial charge < -0.3 is 4.90 Å². The summed E-state index contributed by atoms with van der Waals surface area (Å²) >= 11 is 0. The molecule has 174 valence electrons. The molecule has 0 radical (unpaired) electrons. The predicted octanol–water partition coefficient (Wildman–Crippen LogP) is 9.54. The molecule has 0 spiro atoms. The fraction of sp³-hybridized carbons (Fsp3) is 1.00. The van der Waals surface area contributed by atoms with Crippen LogP contribution in [0.25, 0.3) is 0 Å². The molecule has 1 heteroatoms. The van der Waals surface area contributed by atoms with Gasteiger partial charge in [0.1, 0.15) is 0 Å². The van der Waals surface area contributed by atoms with Crippen LogP contribution in [0.5, 0.6) is 0 Å². The molecule has 1 rings (SSSR count). The number of unbranched alkanes of at least 4 members (excludes halogenated alkanes) is 9. The van der Waals surface area contributed by atoms with E-state index >= 15 is 0 Å². The van der Waals surface area contributed by atoms with Crippen molar-refractivity contribution in [3.05, 3.63) is 0 Å². The SMILES string of the molecule is CCCCN(CCCCCCCCCCCC(CCC)CCC)C1CCCCC1. The Balaban J connectivity index is 1.96. The zero-order valence-corrected chi connectivity index (χ0v) is 20.9. The summed E-state index contributed by atoms with van der Waals surface area (Å²) in [5, 5.41) is 0. The monoisotopic (exact) mass is 407 g/mol. The van der Waals surface area contributed by atoms with Gasteiger partial charge in [-0.2, -0.15) is 0 Å². The molecular weight excluding hydrogens is 350 g/mol. The Morgan fingerprint density at radius 1 is 0.552 bits per heavy atom. The number of rotatable bonds is 20. The van der Waals surface area contributed by atoms with Crippen LogP contribution in [0.1, 0.15) is 156 Å². The lowest BCUT2D eigenvalue weighted by Crippen LogP contribution is -2.38. The van der Waals surface area contributed by atoms with Gasteiger partial charge in [0.25, 0.3) is 0 Å². The van der Waals surface area contributed by atoms with Crippen molar-refractivity contribution < 1.29 is 0 Å². The largest absolute Gasteiger partial charge is 0.300 e. The molecule has 0 atom stereocenters. The van der Waals surface area contributed by atoms with E-state index in [1.54, 1.807) is 0 Å². The summed E-state index contributed by atoms with van der Waals surface area (Å²) in [5.41, 5.74) is 0. The van der Waals surface area contributed by atoms with Crippen LogP contribution in [0.2, 0.25) is 0 Å². The Kier molecular flexibility index (Phi) is 18.5. The molecule has 1 fully saturated rings. The quantitative estimate of drug-likeness (QED) is 0.182. The molecule has 1 saturated carbocycles. The molecule has 29 heavy (non-hydrogen) atoms. The molecule has 0 unspecified atom stereocenters. The smallest absolute Gasteiger partial charge is 0.00952 e. The highest BCUT2D eigenvalue weighted by atomic mass is 15.1. The Morgan fingerprint density at radius 2 is 1.07 bits per heavy atom. The number of hydrogen-bond donors (Lipinski definition) is 0. The Morgan fingerprint density at radius 3 is 1.62 bits per heavy atom. The summed E-state index contributed by atoms with van der Waals surface area (Å²) < 4.78 is 0. The molecule has 0 aliphatic heterocycles. The second-order valence-corrected chi connectivity index (χ2v) is 10.1. The summed E-state index contributed by atoms with van der Waals surface area (Å²) in [6.07, 6.45) is 30.6. The van der Waals surface area contributed by atoms with E-state index in [2.05, 4.69) is 25.7 Å². The number of hydrogen-bond acceptors (Lipinski definition) is 1. The van der Waals surface area contributed by atoms with E-state index in [0.29, 0.717) is 0 Å². The molecular formula is C28H57N. The molecule has 0 aromatic heterocycles. The molecule has 1 aliphatic rings. The highest BCUT2D eigenvalue weighted by molar-refractivity contribution is 4.75. The third kappa shape index (κ3) is 14.6. The maximum absolute atomic E-state index is 2.87. The second-order valence-electron chi connectivity index (χ2n) is 10.1. The van der Waals surface area contributed by atoms with E-state index in [1.165, 1.54) is 148 Å². The first kappa shape index (κ1) is 27.0. The first-order valence-corrected chi connectivity index (χ1v) is 14.1. The van der Waals surface area contributed by atoms with Crippen molar-refractivity contribution in [1.29, 1.82) is 0 Å². The minimum atomic E-state index is 0.921. The minimum absolute atomic E-state index is 0.921. The standard InChI is InChI=1S/C28H57N/c1-4-7-25-29(28-23-17-15-18-24-28)26-19-14-12-10-8-9-11-13-16-22-27(20-5-2)21-6-3/h27-28H,4-26H2,1-3H3. The topological polar surface area (TPSA) is 3.24 Å². The Labute approximate surface area is 185 Å². The normalized spacial score (nSPS) is 15.6. The molecule has 0 N–H and O–H groups in total. The molecule has 0 amide bonds. The third-order valence-electron chi connectivity index (χ3n) is 7.34. The molecule has 1 nitrogen and oxygen atoms in total. The summed E-state index contributed by atoms with van der Waals surface area (Å²) in [6.45, 7) is 9.77. The van der Waals surface area contributed by atoms with Crippen molar-refractivity contribution in [2.45, 2.75) is 162 Å². The van der Waals surface area contributed by atoms with Gasteiger partial charge in [0.2, 0.25) is 0 Å². The summed E-state index contributed by atoms with van der Waals surface area (Å²) in [5.74, 6) is 1.02. The van der Waals surface area contributed by atoms with Gasteiger partial charge >= 0.3 is 0 Å². The first-order chi connectivity index (χ1) is 14.3. The molecule has 1 aliphatic carbocycles. The zero-order valence-electron chi connectivity index (χ0n) is 20.9. The fourth-order valence-corrected chi connectivity index (χ4v) is 5.52. The van der Waals surface area contributed by atoms with Gasteiger partial charge in [0.15, 0.2) is 0 Å². The van der Waals surface area contributed by atoms with Crippen molar-refractivity contribution in [1.82, 2.24) is 4.90 Å². The Bertz CT molecular complexity index is 314. The number of nitrogens with zero attached hydrogens (tertiary/aromatic N) is 1. The Hall–Kier alpha value is -0.0400. The van der Waals surface area contributed by atoms with Gasteiger partial charge in [-0.25, -0.2) is 0 Å². The lowest BCUT2D eigenvalue weighted by molar-refractivity contribution is 0.150. The maximum atomic E-state index is 2.87. The lowest BCUT2D eigenvalue weighted by Gasteiger charge is -2.34. The van der Waals surface area contributed by atoms with E-state index < -0.39 is 0 Å². The summed E-state index contributed by atoms with van der Waals surface area (Å²) in [6, 6.07) is 0.921. The predicted molar refractivity (Wildman–Crippen MR) is 133 cm³/mol. The van der Waals surface area contributed by atoms with Gasteiger partial charge in [-0.3, -0.25) is 0 Å². The average Bonchev–Trinajstić information content (AvgIpc) is 2.75.